The van der Waals surface area contributed by atoms with Crippen LogP contribution in [0, 0.1) is 5.92 Å². The predicted molar refractivity (Wildman–Crippen MR) is 86.1 cm³/mol. The molecule has 5 nitrogen and oxygen atoms in total. The van der Waals surface area contributed by atoms with Crippen LogP contribution >= 0.6 is 11.8 Å². The van der Waals surface area contributed by atoms with Crippen LogP contribution < -0.4 is 4.90 Å². The largest absolute Gasteiger partial charge is 0.378 e. The molecule has 0 aromatic heterocycles. The molecular formula is C16H20N2O3S. The monoisotopic (exact) mass is 320 g/mol. The van der Waals surface area contributed by atoms with Crippen LogP contribution in [-0.2, 0) is 14.3 Å². The van der Waals surface area contributed by atoms with E-state index in [1.54, 1.807) is 16.7 Å². The van der Waals surface area contributed by atoms with Crippen LogP contribution in [0.4, 0.5) is 5.69 Å². The fourth-order valence-corrected chi connectivity index (χ4v) is 3.40. The molecule has 6 heteroatoms. The van der Waals surface area contributed by atoms with Gasteiger partial charge in [-0.1, -0.05) is 6.07 Å². The molecule has 2 heterocycles. The highest BCUT2D eigenvalue weighted by Gasteiger charge is 2.37. The van der Waals surface area contributed by atoms with Gasteiger partial charge in [0.25, 0.3) is 0 Å². The summed E-state index contributed by atoms with van der Waals surface area (Å²) in [5.41, 5.74) is 0.883. The molecule has 2 aliphatic rings. The number of hydrogen-bond donors (Lipinski definition) is 0. The SMILES string of the molecule is CSc1cccc(N2CC(C(=O)N3CCOCC3)CC2=O)c1. The maximum atomic E-state index is 12.5. The zero-order valence-corrected chi connectivity index (χ0v) is 13.5. The van der Waals surface area contributed by atoms with Crippen molar-refractivity contribution >= 4 is 29.3 Å². The predicted octanol–water partition coefficient (Wildman–Crippen LogP) is 1.62. The van der Waals surface area contributed by atoms with Gasteiger partial charge < -0.3 is 14.5 Å². The van der Waals surface area contributed by atoms with Crippen molar-refractivity contribution in [3.63, 3.8) is 0 Å². The number of morpholine rings is 1. The molecular weight excluding hydrogens is 300 g/mol. The number of carbonyl (C=O) groups excluding carboxylic acids is 2. The first kappa shape index (κ1) is 15.4. The average molecular weight is 320 g/mol. The number of rotatable bonds is 3. The molecule has 2 aliphatic heterocycles. The van der Waals surface area contributed by atoms with E-state index in [0.717, 1.165) is 10.6 Å². The molecule has 1 aromatic rings. The van der Waals surface area contributed by atoms with E-state index in [1.807, 2.05) is 35.4 Å². The zero-order valence-electron chi connectivity index (χ0n) is 12.7. The third kappa shape index (κ3) is 3.13. The van der Waals surface area contributed by atoms with Crippen LogP contribution in [0.2, 0.25) is 0 Å². The summed E-state index contributed by atoms with van der Waals surface area (Å²) in [4.78, 5) is 29.5. The fourth-order valence-electron chi connectivity index (χ4n) is 2.94. The number of ether oxygens (including phenoxy) is 1. The van der Waals surface area contributed by atoms with Crippen molar-refractivity contribution < 1.29 is 14.3 Å². The summed E-state index contributed by atoms with van der Waals surface area (Å²) in [6.45, 7) is 2.92. The van der Waals surface area contributed by atoms with Gasteiger partial charge in [0.05, 0.1) is 19.1 Å². The van der Waals surface area contributed by atoms with Gasteiger partial charge >= 0.3 is 0 Å². The Labute approximate surface area is 134 Å². The molecule has 0 radical (unpaired) electrons. The second-order valence-corrected chi connectivity index (χ2v) is 6.42. The molecule has 0 saturated carbocycles. The molecule has 1 unspecified atom stereocenters. The summed E-state index contributed by atoms with van der Waals surface area (Å²) in [6, 6.07) is 7.90. The first-order valence-corrected chi connectivity index (χ1v) is 8.72. The van der Waals surface area contributed by atoms with E-state index >= 15 is 0 Å². The third-order valence-corrected chi connectivity index (χ3v) is 4.89. The Kier molecular flexibility index (Phi) is 4.69. The van der Waals surface area contributed by atoms with Gasteiger partial charge in [0, 0.05) is 36.6 Å². The average Bonchev–Trinajstić information content (AvgIpc) is 2.97. The van der Waals surface area contributed by atoms with Gasteiger partial charge in [0.2, 0.25) is 11.8 Å². The molecule has 0 spiro atoms. The molecule has 0 aliphatic carbocycles. The van der Waals surface area contributed by atoms with Gasteiger partial charge in [0.1, 0.15) is 0 Å². The highest BCUT2D eigenvalue weighted by atomic mass is 32.2. The van der Waals surface area contributed by atoms with Crippen LogP contribution in [0.3, 0.4) is 0 Å². The van der Waals surface area contributed by atoms with Gasteiger partial charge in [-0.15, -0.1) is 11.8 Å². The summed E-state index contributed by atoms with van der Waals surface area (Å²) < 4.78 is 5.28. The van der Waals surface area contributed by atoms with E-state index in [-0.39, 0.29) is 17.7 Å². The topological polar surface area (TPSA) is 49.9 Å². The summed E-state index contributed by atoms with van der Waals surface area (Å²) >= 11 is 1.65. The van der Waals surface area contributed by atoms with Crippen molar-refractivity contribution in [2.45, 2.75) is 11.3 Å². The summed E-state index contributed by atoms with van der Waals surface area (Å²) in [5, 5.41) is 0. The van der Waals surface area contributed by atoms with Gasteiger partial charge in [0.15, 0.2) is 0 Å². The summed E-state index contributed by atoms with van der Waals surface area (Å²) in [5.74, 6) is -0.117. The fraction of sp³-hybridized carbons (Fsp3) is 0.500. The maximum Gasteiger partial charge on any atom is 0.228 e. The van der Waals surface area contributed by atoms with Crippen LogP contribution in [0.5, 0.6) is 0 Å². The lowest BCUT2D eigenvalue weighted by atomic mass is 10.1. The summed E-state index contributed by atoms with van der Waals surface area (Å²) in [6.07, 6.45) is 2.31. The van der Waals surface area contributed by atoms with E-state index in [0.29, 0.717) is 39.3 Å². The molecule has 118 valence electrons. The normalized spacial score (nSPS) is 22.2. The quantitative estimate of drug-likeness (QED) is 0.794. The van der Waals surface area contributed by atoms with Crippen molar-refractivity contribution in [2.24, 2.45) is 5.92 Å². The third-order valence-electron chi connectivity index (χ3n) is 4.16. The van der Waals surface area contributed by atoms with E-state index in [1.165, 1.54) is 0 Å². The Morgan fingerprint density at radius 3 is 2.82 bits per heavy atom. The minimum Gasteiger partial charge on any atom is -0.378 e. The van der Waals surface area contributed by atoms with Gasteiger partial charge in [-0.05, 0) is 24.5 Å². The first-order valence-electron chi connectivity index (χ1n) is 7.50. The van der Waals surface area contributed by atoms with Gasteiger partial charge in [-0.25, -0.2) is 0 Å². The minimum absolute atomic E-state index is 0.0323. The Balaban J connectivity index is 1.71. The van der Waals surface area contributed by atoms with Crippen LogP contribution in [0.25, 0.3) is 0 Å². The summed E-state index contributed by atoms with van der Waals surface area (Å²) in [7, 11) is 0. The molecule has 22 heavy (non-hydrogen) atoms. The Hall–Kier alpha value is -1.53. The number of carbonyl (C=O) groups is 2. The highest BCUT2D eigenvalue weighted by Crippen LogP contribution is 2.29. The number of benzene rings is 1. The molecule has 1 aromatic carbocycles. The lowest BCUT2D eigenvalue weighted by molar-refractivity contribution is -0.139. The number of nitrogens with zero attached hydrogens (tertiary/aromatic N) is 2. The minimum atomic E-state index is -0.233. The van der Waals surface area contributed by atoms with E-state index < -0.39 is 0 Å². The van der Waals surface area contributed by atoms with Crippen LogP contribution in [0.1, 0.15) is 6.42 Å². The number of anilines is 1. The number of thioether (sulfide) groups is 1. The smallest absolute Gasteiger partial charge is 0.228 e. The zero-order chi connectivity index (χ0) is 15.5. The Bertz CT molecular complexity index is 572. The first-order chi connectivity index (χ1) is 10.7. The highest BCUT2D eigenvalue weighted by molar-refractivity contribution is 7.98. The molecule has 3 rings (SSSR count). The van der Waals surface area contributed by atoms with E-state index in [9.17, 15) is 9.59 Å². The molecule has 1 atom stereocenters. The number of hydrogen-bond acceptors (Lipinski definition) is 4. The van der Waals surface area contributed by atoms with E-state index in [4.69, 9.17) is 4.74 Å². The second kappa shape index (κ2) is 6.71. The number of amides is 2. The Morgan fingerprint density at radius 2 is 2.09 bits per heavy atom. The van der Waals surface area contributed by atoms with Crippen molar-refractivity contribution in [2.75, 3.05) is 44.0 Å². The van der Waals surface area contributed by atoms with Crippen molar-refractivity contribution in [1.82, 2.24) is 4.90 Å². The van der Waals surface area contributed by atoms with E-state index in [2.05, 4.69) is 0 Å². The Morgan fingerprint density at radius 1 is 1.32 bits per heavy atom. The molecule has 0 bridgehead atoms. The van der Waals surface area contributed by atoms with Crippen molar-refractivity contribution in [3.8, 4) is 0 Å². The lowest BCUT2D eigenvalue weighted by Gasteiger charge is -2.29. The standard InChI is InChI=1S/C16H20N2O3S/c1-22-14-4-2-3-13(10-14)18-11-12(9-15(18)19)16(20)17-5-7-21-8-6-17/h2-4,10,12H,5-9,11H2,1H3. The molecule has 2 saturated heterocycles. The van der Waals surface area contributed by atoms with Crippen LogP contribution in [0.15, 0.2) is 29.2 Å². The second-order valence-electron chi connectivity index (χ2n) is 5.54. The van der Waals surface area contributed by atoms with Gasteiger partial charge in [-0.3, -0.25) is 9.59 Å². The van der Waals surface area contributed by atoms with Crippen LogP contribution in [-0.4, -0.2) is 55.8 Å². The van der Waals surface area contributed by atoms with Crippen molar-refractivity contribution in [3.05, 3.63) is 24.3 Å². The lowest BCUT2D eigenvalue weighted by Crippen LogP contribution is -2.44. The van der Waals surface area contributed by atoms with Crippen molar-refractivity contribution in [1.29, 1.82) is 0 Å². The molecule has 0 N–H and O–H groups in total. The van der Waals surface area contributed by atoms with Gasteiger partial charge in [-0.2, -0.15) is 0 Å². The maximum absolute atomic E-state index is 12.5. The molecule has 2 amide bonds. The molecule has 2 fully saturated rings.